The highest BCUT2D eigenvalue weighted by Crippen LogP contribution is 2.50. The number of fused-ring (bicyclic) bond motifs is 2. The molecule has 0 bridgehead atoms. The van der Waals surface area contributed by atoms with Gasteiger partial charge in [-0.25, -0.2) is 14.4 Å². The van der Waals surface area contributed by atoms with Crippen LogP contribution in [-0.4, -0.2) is 60.4 Å². The number of H-pyrrole nitrogens is 1. The van der Waals surface area contributed by atoms with E-state index in [1.54, 1.807) is 25.1 Å². The van der Waals surface area contributed by atoms with E-state index >= 15 is 0 Å². The van der Waals surface area contributed by atoms with Crippen LogP contribution in [0.1, 0.15) is 60.6 Å². The largest absolute Gasteiger partial charge is 0.451 e. The summed E-state index contributed by atoms with van der Waals surface area (Å²) in [6.07, 6.45) is -1.94. The van der Waals surface area contributed by atoms with E-state index in [0.29, 0.717) is 47.4 Å². The lowest BCUT2D eigenvalue weighted by Gasteiger charge is -2.33. The number of likely N-dealkylation sites (tertiary alicyclic amines) is 1. The predicted octanol–water partition coefficient (Wildman–Crippen LogP) is 7.15. The summed E-state index contributed by atoms with van der Waals surface area (Å²) in [6.45, 7) is 7.00. The molecule has 256 valence electrons. The van der Waals surface area contributed by atoms with Crippen LogP contribution in [0.4, 0.5) is 17.6 Å². The van der Waals surface area contributed by atoms with E-state index in [9.17, 15) is 17.6 Å². The molecule has 0 amide bonds. The van der Waals surface area contributed by atoms with Gasteiger partial charge in [0.2, 0.25) is 5.82 Å². The van der Waals surface area contributed by atoms with Crippen molar-refractivity contribution in [1.29, 1.82) is 0 Å². The van der Waals surface area contributed by atoms with Gasteiger partial charge < -0.3 is 23.8 Å². The van der Waals surface area contributed by atoms with Gasteiger partial charge in [-0.1, -0.05) is 23.7 Å². The van der Waals surface area contributed by atoms with Gasteiger partial charge in [0, 0.05) is 24.1 Å². The number of para-hydroxylation sites is 1. The van der Waals surface area contributed by atoms with Crippen LogP contribution in [0.15, 0.2) is 42.5 Å². The maximum absolute atomic E-state index is 14.9. The van der Waals surface area contributed by atoms with Gasteiger partial charge in [-0.05, 0) is 75.5 Å². The Balaban J connectivity index is 1.02. The summed E-state index contributed by atoms with van der Waals surface area (Å²) in [5.41, 5.74) is 3.60. The summed E-state index contributed by atoms with van der Waals surface area (Å²) in [7, 11) is 0. The van der Waals surface area contributed by atoms with Crippen molar-refractivity contribution in [2.24, 2.45) is 0 Å². The number of aromatic amines is 1. The first-order chi connectivity index (χ1) is 23.4. The molecule has 3 aliphatic heterocycles. The van der Waals surface area contributed by atoms with Gasteiger partial charge >= 0.3 is 6.18 Å². The van der Waals surface area contributed by atoms with Crippen molar-refractivity contribution in [2.75, 3.05) is 19.7 Å². The van der Waals surface area contributed by atoms with E-state index in [4.69, 9.17) is 30.8 Å². The molecule has 2 atom stereocenters. The standard InChI is InChI=1S/C34H32ClF4N7O3/c1-18-29-25(15-26(40-18)31-42-32(44-43-31)34(37,38)39)41-28(46(29)16-21-10-13-47-21)17-45-11-8-19(9-12-45)22-4-3-5-27-30(22)49-33(2,48-27)23-7-6-20(35)14-24(23)36/h3-7,14-15,19,21H,8-13,16-17H2,1-2H3,(H,42,43,44)/t21-,33-/m0/s1. The van der Waals surface area contributed by atoms with Crippen LogP contribution in [0.2, 0.25) is 5.02 Å². The third-order valence-electron chi connectivity index (χ3n) is 9.58. The second-order valence-corrected chi connectivity index (χ2v) is 13.3. The Kier molecular flexibility index (Phi) is 7.80. The second kappa shape index (κ2) is 12.0. The minimum absolute atomic E-state index is 0.0546. The zero-order chi connectivity index (χ0) is 34.1. The van der Waals surface area contributed by atoms with E-state index in [0.717, 1.165) is 49.3 Å². The van der Waals surface area contributed by atoms with Gasteiger partial charge in [0.15, 0.2) is 17.3 Å². The molecule has 15 heteroatoms. The predicted molar refractivity (Wildman–Crippen MR) is 171 cm³/mol. The van der Waals surface area contributed by atoms with E-state index in [1.165, 1.54) is 6.07 Å². The molecule has 2 aromatic carbocycles. The van der Waals surface area contributed by atoms with E-state index in [1.807, 2.05) is 25.1 Å². The Labute approximate surface area is 283 Å². The van der Waals surface area contributed by atoms with Gasteiger partial charge in [0.05, 0.1) is 41.5 Å². The SMILES string of the molecule is Cc1nc(-c2nnc(C(F)(F)F)[nH]2)cc2nc(CN3CCC(c4cccc5c4O[C@@](C)(c4ccc(Cl)cc4F)O5)CC3)n(C[C@@H]3CCO3)c12. The lowest BCUT2D eigenvalue weighted by Crippen LogP contribution is -2.35. The molecule has 0 spiro atoms. The van der Waals surface area contributed by atoms with Crippen LogP contribution in [-0.2, 0) is 29.8 Å². The average Bonchev–Trinajstić information content (AvgIpc) is 3.75. The fourth-order valence-electron chi connectivity index (χ4n) is 7.01. The van der Waals surface area contributed by atoms with E-state index in [-0.39, 0.29) is 29.1 Å². The summed E-state index contributed by atoms with van der Waals surface area (Å²) in [5, 5.41) is 7.24. The number of nitrogens with zero attached hydrogens (tertiary/aromatic N) is 6. The Morgan fingerprint density at radius 2 is 1.84 bits per heavy atom. The highest BCUT2D eigenvalue weighted by Gasteiger charge is 2.43. The monoisotopic (exact) mass is 697 g/mol. The van der Waals surface area contributed by atoms with Crippen molar-refractivity contribution in [1.82, 2.24) is 34.6 Å². The summed E-state index contributed by atoms with van der Waals surface area (Å²) in [6, 6.07) is 11.9. The smallest absolute Gasteiger partial charge is 0.444 e. The number of imidazole rings is 1. The second-order valence-electron chi connectivity index (χ2n) is 12.9. The van der Waals surface area contributed by atoms with Gasteiger partial charge in [0.1, 0.15) is 17.3 Å². The number of halogens is 5. The summed E-state index contributed by atoms with van der Waals surface area (Å²) in [5.74, 6) is -0.827. The zero-order valence-electron chi connectivity index (χ0n) is 26.7. The molecule has 6 heterocycles. The van der Waals surface area contributed by atoms with Gasteiger partial charge in [0.25, 0.3) is 5.79 Å². The number of pyridine rings is 1. The molecule has 0 aliphatic carbocycles. The number of nitrogens with one attached hydrogen (secondary N) is 1. The van der Waals surface area contributed by atoms with Crippen molar-refractivity contribution in [3.05, 3.63) is 81.8 Å². The first kappa shape index (κ1) is 32.0. The lowest BCUT2D eigenvalue weighted by atomic mass is 9.88. The Hall–Kier alpha value is -4.27. The van der Waals surface area contributed by atoms with Crippen LogP contribution < -0.4 is 9.47 Å². The molecule has 3 aliphatic rings. The van der Waals surface area contributed by atoms with E-state index in [2.05, 4.69) is 29.6 Å². The van der Waals surface area contributed by atoms with Crippen molar-refractivity contribution < 1.29 is 31.8 Å². The highest BCUT2D eigenvalue weighted by atomic mass is 35.5. The maximum atomic E-state index is 14.9. The fourth-order valence-corrected chi connectivity index (χ4v) is 7.17. The molecule has 5 aromatic rings. The average molecular weight is 698 g/mol. The number of hydrogen-bond donors (Lipinski definition) is 1. The maximum Gasteiger partial charge on any atom is 0.451 e. The molecule has 2 fully saturated rings. The van der Waals surface area contributed by atoms with Crippen LogP contribution in [0.3, 0.4) is 0 Å². The van der Waals surface area contributed by atoms with Gasteiger partial charge in [-0.3, -0.25) is 4.90 Å². The molecule has 3 aromatic heterocycles. The molecular weight excluding hydrogens is 666 g/mol. The zero-order valence-corrected chi connectivity index (χ0v) is 27.4. The number of alkyl halides is 3. The van der Waals surface area contributed by atoms with Crippen LogP contribution in [0.5, 0.6) is 11.5 Å². The van der Waals surface area contributed by atoms with Crippen LogP contribution >= 0.6 is 11.6 Å². The number of hydrogen-bond acceptors (Lipinski definition) is 8. The Bertz CT molecular complexity index is 2060. The third-order valence-corrected chi connectivity index (χ3v) is 9.81. The molecule has 1 N–H and O–H groups in total. The molecule has 0 saturated carbocycles. The van der Waals surface area contributed by atoms with Crippen molar-refractivity contribution in [3.63, 3.8) is 0 Å². The fraction of sp³-hybridized carbons (Fsp3) is 0.412. The summed E-state index contributed by atoms with van der Waals surface area (Å²) in [4.78, 5) is 14.1. The number of rotatable bonds is 7. The normalized spacial score (nSPS) is 21.4. The molecule has 0 radical (unpaired) electrons. The third kappa shape index (κ3) is 5.89. The minimum Gasteiger partial charge on any atom is -0.444 e. The molecule has 2 saturated heterocycles. The first-order valence-corrected chi connectivity index (χ1v) is 16.5. The minimum atomic E-state index is -4.64. The molecule has 10 nitrogen and oxygen atoms in total. The van der Waals surface area contributed by atoms with Crippen LogP contribution in [0, 0.1) is 12.7 Å². The molecular formula is C34H32ClF4N7O3. The number of ether oxygens (including phenoxy) is 3. The van der Waals surface area contributed by atoms with Gasteiger partial charge in [-0.15, -0.1) is 10.2 Å². The van der Waals surface area contributed by atoms with Gasteiger partial charge in [-0.2, -0.15) is 13.2 Å². The van der Waals surface area contributed by atoms with Crippen molar-refractivity contribution in [2.45, 2.75) is 70.2 Å². The molecule has 0 unspecified atom stereocenters. The number of piperidine rings is 1. The number of aromatic nitrogens is 6. The van der Waals surface area contributed by atoms with E-state index < -0.39 is 23.6 Å². The highest BCUT2D eigenvalue weighted by molar-refractivity contribution is 6.30. The molecule has 8 rings (SSSR count). The summed E-state index contributed by atoms with van der Waals surface area (Å²) >= 11 is 5.98. The topological polar surface area (TPSA) is 103 Å². The Morgan fingerprint density at radius 3 is 2.53 bits per heavy atom. The lowest BCUT2D eigenvalue weighted by molar-refractivity contribution is -0.144. The quantitative estimate of drug-likeness (QED) is 0.179. The number of benzene rings is 2. The van der Waals surface area contributed by atoms with Crippen molar-refractivity contribution >= 4 is 22.6 Å². The summed E-state index contributed by atoms with van der Waals surface area (Å²) < 4.78 is 74.8. The van der Waals surface area contributed by atoms with Crippen molar-refractivity contribution in [3.8, 4) is 23.0 Å². The first-order valence-electron chi connectivity index (χ1n) is 16.1. The number of aryl methyl sites for hydroxylation is 1. The van der Waals surface area contributed by atoms with Crippen LogP contribution in [0.25, 0.3) is 22.6 Å². The molecule has 49 heavy (non-hydrogen) atoms. The Morgan fingerprint density at radius 1 is 1.04 bits per heavy atom.